The lowest BCUT2D eigenvalue weighted by Gasteiger charge is -2.16. The lowest BCUT2D eigenvalue weighted by atomic mass is 10.1. The van der Waals surface area contributed by atoms with E-state index in [2.05, 4.69) is 4.52 Å². The lowest BCUT2D eigenvalue weighted by Crippen LogP contribution is -2.37. The third kappa shape index (κ3) is 3.66. The fourth-order valence-corrected chi connectivity index (χ4v) is 2.24. The van der Waals surface area contributed by atoms with E-state index in [4.69, 9.17) is 14.5 Å². The molecule has 2 rings (SSSR count). The Bertz CT molecular complexity index is 664. The number of phosphoric acid groups is 1. The van der Waals surface area contributed by atoms with Gasteiger partial charge in [0.2, 0.25) is 0 Å². The molecule has 0 saturated carbocycles. The highest BCUT2D eigenvalue weighted by Gasteiger charge is 2.44. The number of hydrogen-bond acceptors (Lipinski definition) is 7. The van der Waals surface area contributed by atoms with Gasteiger partial charge in [0.15, 0.2) is 6.23 Å². The number of hydrogen-bond donors (Lipinski definition) is 5. The van der Waals surface area contributed by atoms with Crippen LogP contribution in [-0.4, -0.2) is 54.5 Å². The molecule has 1 aliphatic rings. The monoisotopic (exact) mass is 324 g/mol. The maximum absolute atomic E-state index is 11.6. The summed E-state index contributed by atoms with van der Waals surface area (Å²) in [5.41, 5.74) is -1.51. The second-order valence-electron chi connectivity index (χ2n) is 4.35. The number of aliphatic hydroxyl groups excluding tert-OH is 2. The molecule has 4 atom stereocenters. The molecule has 2 heterocycles. The van der Waals surface area contributed by atoms with E-state index < -0.39 is 50.2 Å². The average molecular weight is 324 g/mol. The molecule has 0 bridgehead atoms. The van der Waals surface area contributed by atoms with Crippen LogP contribution in [0.1, 0.15) is 6.23 Å². The van der Waals surface area contributed by atoms with E-state index >= 15 is 0 Å². The molecule has 0 unspecified atom stereocenters. The number of ether oxygens (including phenoxy) is 1. The zero-order valence-corrected chi connectivity index (χ0v) is 11.3. The van der Waals surface area contributed by atoms with Gasteiger partial charge in [0.25, 0.3) is 5.56 Å². The van der Waals surface area contributed by atoms with Crippen LogP contribution in [0.5, 0.6) is 0 Å². The van der Waals surface area contributed by atoms with Gasteiger partial charge in [-0.05, 0) is 0 Å². The Morgan fingerprint density at radius 3 is 2.57 bits per heavy atom. The number of nitrogens with zero attached hydrogens (tertiary/aromatic N) is 1. The van der Waals surface area contributed by atoms with Gasteiger partial charge in [-0.15, -0.1) is 0 Å². The molecule has 21 heavy (non-hydrogen) atoms. The van der Waals surface area contributed by atoms with Gasteiger partial charge in [0, 0.05) is 12.3 Å². The summed E-state index contributed by atoms with van der Waals surface area (Å²) in [5, 5.41) is 19.6. The van der Waals surface area contributed by atoms with Crippen molar-refractivity contribution in [2.45, 2.75) is 24.5 Å². The first kappa shape index (κ1) is 16.0. The van der Waals surface area contributed by atoms with Crippen molar-refractivity contribution in [1.29, 1.82) is 0 Å². The quantitative estimate of drug-likeness (QED) is 0.368. The highest BCUT2D eigenvalue weighted by Crippen LogP contribution is 2.38. The minimum absolute atomic E-state index is 0.648. The number of phosphoric ester groups is 1. The van der Waals surface area contributed by atoms with Crippen molar-refractivity contribution < 1.29 is 33.8 Å². The van der Waals surface area contributed by atoms with Crippen LogP contribution in [0, 0.1) is 0 Å². The number of aromatic nitrogens is 2. The molecule has 1 aliphatic heterocycles. The summed E-state index contributed by atoms with van der Waals surface area (Å²) in [7, 11) is -4.76. The van der Waals surface area contributed by atoms with Crippen LogP contribution >= 0.6 is 7.82 Å². The SMILES string of the molecule is O=c1ccn([C@@H]2O[C@@H](COP(=O)(O)O)[C@@H](O)[C@@H]2O)c(=O)[nH]1. The number of H-pyrrole nitrogens is 1. The van der Waals surface area contributed by atoms with Gasteiger partial charge in [-0.3, -0.25) is 18.9 Å². The minimum Gasteiger partial charge on any atom is -0.387 e. The van der Waals surface area contributed by atoms with Gasteiger partial charge < -0.3 is 24.7 Å². The summed E-state index contributed by atoms with van der Waals surface area (Å²) >= 11 is 0. The van der Waals surface area contributed by atoms with Gasteiger partial charge >= 0.3 is 13.5 Å². The Morgan fingerprint density at radius 2 is 2.00 bits per heavy atom. The first-order valence-corrected chi connectivity index (χ1v) is 7.25. The van der Waals surface area contributed by atoms with Crippen LogP contribution in [0.4, 0.5) is 0 Å². The van der Waals surface area contributed by atoms with Crippen molar-refractivity contribution in [3.63, 3.8) is 0 Å². The largest absolute Gasteiger partial charge is 0.469 e. The van der Waals surface area contributed by atoms with Crippen LogP contribution in [0.15, 0.2) is 21.9 Å². The van der Waals surface area contributed by atoms with E-state index in [1.165, 1.54) is 0 Å². The zero-order valence-electron chi connectivity index (χ0n) is 10.4. The zero-order chi connectivity index (χ0) is 15.8. The van der Waals surface area contributed by atoms with Gasteiger partial charge in [-0.2, -0.15) is 0 Å². The molecule has 1 aromatic heterocycles. The van der Waals surface area contributed by atoms with E-state index in [9.17, 15) is 24.4 Å². The number of rotatable bonds is 4. The second-order valence-corrected chi connectivity index (χ2v) is 5.59. The maximum atomic E-state index is 11.6. The van der Waals surface area contributed by atoms with Crippen LogP contribution in [-0.2, 0) is 13.8 Å². The number of aliphatic hydroxyl groups is 2. The van der Waals surface area contributed by atoms with E-state index in [1.807, 2.05) is 4.98 Å². The molecule has 0 aliphatic carbocycles. The predicted molar refractivity (Wildman–Crippen MR) is 65.2 cm³/mol. The topological polar surface area (TPSA) is 171 Å². The molecule has 5 N–H and O–H groups in total. The molecule has 11 nitrogen and oxygen atoms in total. The summed E-state index contributed by atoms with van der Waals surface area (Å²) < 4.78 is 20.8. The Morgan fingerprint density at radius 1 is 1.33 bits per heavy atom. The summed E-state index contributed by atoms with van der Waals surface area (Å²) in [5.74, 6) is 0. The molecule has 1 aromatic rings. The summed E-state index contributed by atoms with van der Waals surface area (Å²) in [6.07, 6.45) is -4.58. The summed E-state index contributed by atoms with van der Waals surface area (Å²) in [6.45, 7) is -0.683. The highest BCUT2D eigenvalue weighted by atomic mass is 31.2. The molecular weight excluding hydrogens is 311 g/mol. The van der Waals surface area contributed by atoms with E-state index in [0.29, 0.717) is 0 Å². The standard InChI is InChI=1S/C9H13N2O9P/c12-5-1-2-11(9(15)10-5)8-7(14)6(13)4(20-8)3-19-21(16,17)18/h1-2,4,6-8,13-14H,3H2,(H,10,12,15)(H2,16,17,18)/t4-,6+,7-,8+/m0/s1. The van der Waals surface area contributed by atoms with Gasteiger partial charge in [0.1, 0.15) is 18.3 Å². The van der Waals surface area contributed by atoms with Crippen LogP contribution in [0.2, 0.25) is 0 Å². The normalized spacial score (nSPS) is 29.7. The fourth-order valence-electron chi connectivity index (χ4n) is 1.89. The van der Waals surface area contributed by atoms with E-state index in [-0.39, 0.29) is 0 Å². The first-order valence-electron chi connectivity index (χ1n) is 5.72. The molecule has 118 valence electrons. The third-order valence-electron chi connectivity index (χ3n) is 2.87. The Hall–Kier alpha value is -1.33. The lowest BCUT2D eigenvalue weighted by molar-refractivity contribution is -0.0543. The van der Waals surface area contributed by atoms with Crippen molar-refractivity contribution in [1.82, 2.24) is 9.55 Å². The first-order chi connectivity index (χ1) is 9.69. The molecule has 0 amide bonds. The summed E-state index contributed by atoms with van der Waals surface area (Å²) in [6, 6.07) is 1.02. The van der Waals surface area contributed by atoms with Crippen molar-refractivity contribution in [3.8, 4) is 0 Å². The molecule has 12 heteroatoms. The molecular formula is C9H13N2O9P. The van der Waals surface area contributed by atoms with Crippen LogP contribution in [0.3, 0.4) is 0 Å². The van der Waals surface area contributed by atoms with Gasteiger partial charge in [-0.1, -0.05) is 0 Å². The molecule has 1 saturated heterocycles. The molecule has 0 radical (unpaired) electrons. The van der Waals surface area contributed by atoms with E-state index in [0.717, 1.165) is 16.8 Å². The van der Waals surface area contributed by atoms with Crippen molar-refractivity contribution in [3.05, 3.63) is 33.1 Å². The highest BCUT2D eigenvalue weighted by molar-refractivity contribution is 7.46. The van der Waals surface area contributed by atoms with Gasteiger partial charge in [-0.25, -0.2) is 9.36 Å². The molecule has 0 spiro atoms. The summed E-state index contributed by atoms with van der Waals surface area (Å²) in [4.78, 5) is 41.6. The number of nitrogens with one attached hydrogen (secondary N) is 1. The fraction of sp³-hybridized carbons (Fsp3) is 0.556. The predicted octanol–water partition coefficient (Wildman–Crippen LogP) is -2.73. The molecule has 0 aromatic carbocycles. The molecule has 1 fully saturated rings. The van der Waals surface area contributed by atoms with E-state index in [1.54, 1.807) is 0 Å². The smallest absolute Gasteiger partial charge is 0.387 e. The van der Waals surface area contributed by atoms with Crippen molar-refractivity contribution in [2.24, 2.45) is 0 Å². The Balaban J connectivity index is 2.18. The van der Waals surface area contributed by atoms with Crippen LogP contribution in [0.25, 0.3) is 0 Å². The third-order valence-corrected chi connectivity index (χ3v) is 3.35. The minimum atomic E-state index is -4.76. The average Bonchev–Trinajstić information content (AvgIpc) is 2.64. The Kier molecular flexibility index (Phi) is 4.44. The van der Waals surface area contributed by atoms with Gasteiger partial charge in [0.05, 0.1) is 6.61 Å². The Labute approximate surface area is 116 Å². The number of aromatic amines is 1. The maximum Gasteiger partial charge on any atom is 0.469 e. The van der Waals surface area contributed by atoms with Crippen molar-refractivity contribution in [2.75, 3.05) is 6.61 Å². The van der Waals surface area contributed by atoms with Crippen molar-refractivity contribution >= 4 is 7.82 Å². The second kappa shape index (κ2) is 5.81. The van der Waals surface area contributed by atoms with Crippen LogP contribution < -0.4 is 11.2 Å².